The number of fused-ring (bicyclic) bond motifs is 1. The number of benzene rings is 1. The van der Waals surface area contributed by atoms with Gasteiger partial charge in [0.2, 0.25) is 0 Å². The molecule has 0 amide bonds. The number of aromatic hydroxyl groups is 2. The van der Waals surface area contributed by atoms with E-state index < -0.39 is 0 Å². The standard InChI is InChI=1S/C16H18BrNO3/c17-13-8-16(21)15(20)7-10(13)6-14-12-2-1-11(19)5-9(12)3-4-18-14/h5,7-8,12,14,18,20-21H,1-4,6H2/t12?,14-/m0/s1. The van der Waals surface area contributed by atoms with Gasteiger partial charge in [0.15, 0.2) is 17.3 Å². The predicted molar refractivity (Wildman–Crippen MR) is 83.4 cm³/mol. The first-order valence-electron chi connectivity index (χ1n) is 7.21. The van der Waals surface area contributed by atoms with Crippen molar-refractivity contribution in [1.82, 2.24) is 5.32 Å². The molecule has 3 rings (SSSR count). The first kappa shape index (κ1) is 14.6. The van der Waals surface area contributed by atoms with Crippen LogP contribution in [-0.4, -0.2) is 28.6 Å². The lowest BCUT2D eigenvalue weighted by Crippen LogP contribution is -2.45. The van der Waals surface area contributed by atoms with Crippen LogP contribution in [0, 0.1) is 5.92 Å². The second-order valence-corrected chi connectivity index (χ2v) is 6.63. The number of hydrogen-bond donors (Lipinski definition) is 3. The Balaban J connectivity index is 1.83. The fourth-order valence-electron chi connectivity index (χ4n) is 3.33. The normalized spacial score (nSPS) is 25.4. The second kappa shape index (κ2) is 5.81. The number of phenolic OH excluding ortho intramolecular Hbond substituents is 2. The van der Waals surface area contributed by atoms with Gasteiger partial charge in [0, 0.05) is 16.9 Å². The first-order valence-corrected chi connectivity index (χ1v) is 8.01. The molecule has 0 saturated carbocycles. The predicted octanol–water partition coefficient (Wildman–Crippen LogP) is 2.67. The molecule has 5 heteroatoms. The van der Waals surface area contributed by atoms with Crippen LogP contribution in [-0.2, 0) is 11.2 Å². The van der Waals surface area contributed by atoms with Crippen molar-refractivity contribution >= 4 is 21.7 Å². The van der Waals surface area contributed by atoms with Crippen LogP contribution in [0.5, 0.6) is 11.5 Å². The first-order chi connectivity index (χ1) is 10.0. The Morgan fingerprint density at radius 1 is 1.24 bits per heavy atom. The van der Waals surface area contributed by atoms with Crippen molar-refractivity contribution < 1.29 is 15.0 Å². The van der Waals surface area contributed by atoms with E-state index in [4.69, 9.17) is 0 Å². The lowest BCUT2D eigenvalue weighted by molar-refractivity contribution is -0.115. The fourth-order valence-corrected chi connectivity index (χ4v) is 3.83. The van der Waals surface area contributed by atoms with E-state index in [1.54, 1.807) is 6.07 Å². The molecule has 1 aliphatic heterocycles. The molecule has 1 aliphatic carbocycles. The molecule has 2 aliphatic rings. The van der Waals surface area contributed by atoms with Crippen LogP contribution in [0.1, 0.15) is 24.8 Å². The van der Waals surface area contributed by atoms with E-state index in [9.17, 15) is 15.0 Å². The maximum absolute atomic E-state index is 11.6. The van der Waals surface area contributed by atoms with Gasteiger partial charge in [-0.15, -0.1) is 0 Å². The zero-order valence-electron chi connectivity index (χ0n) is 11.6. The highest BCUT2D eigenvalue weighted by molar-refractivity contribution is 9.10. The lowest BCUT2D eigenvalue weighted by atomic mass is 9.76. The highest BCUT2D eigenvalue weighted by Crippen LogP contribution is 2.36. The molecule has 2 atom stereocenters. The zero-order chi connectivity index (χ0) is 15.0. The number of rotatable bonds is 2. The monoisotopic (exact) mass is 351 g/mol. The van der Waals surface area contributed by atoms with Gasteiger partial charge in [0.25, 0.3) is 0 Å². The third-order valence-electron chi connectivity index (χ3n) is 4.41. The molecule has 1 heterocycles. The average Bonchev–Trinajstić information content (AvgIpc) is 2.44. The van der Waals surface area contributed by atoms with Gasteiger partial charge in [-0.25, -0.2) is 0 Å². The van der Waals surface area contributed by atoms with Gasteiger partial charge in [0.1, 0.15) is 0 Å². The molecule has 0 bridgehead atoms. The number of hydrogen-bond acceptors (Lipinski definition) is 4. The Morgan fingerprint density at radius 2 is 2.00 bits per heavy atom. The number of allylic oxidation sites excluding steroid dienone is 1. The molecule has 1 aromatic carbocycles. The largest absolute Gasteiger partial charge is 0.504 e. The van der Waals surface area contributed by atoms with Crippen molar-refractivity contribution in [3.8, 4) is 11.5 Å². The summed E-state index contributed by atoms with van der Waals surface area (Å²) in [4.78, 5) is 11.6. The molecule has 4 nitrogen and oxygen atoms in total. The Labute approximate surface area is 132 Å². The molecule has 3 N–H and O–H groups in total. The summed E-state index contributed by atoms with van der Waals surface area (Å²) in [5, 5.41) is 22.7. The number of nitrogens with one attached hydrogen (secondary N) is 1. The summed E-state index contributed by atoms with van der Waals surface area (Å²) in [6.07, 6.45) is 5.03. The van der Waals surface area contributed by atoms with E-state index >= 15 is 0 Å². The van der Waals surface area contributed by atoms with Crippen molar-refractivity contribution in [2.45, 2.75) is 31.7 Å². The molecule has 1 fully saturated rings. The Hall–Kier alpha value is -1.33. The van der Waals surface area contributed by atoms with Gasteiger partial charge >= 0.3 is 0 Å². The minimum atomic E-state index is -0.119. The van der Waals surface area contributed by atoms with Crippen LogP contribution in [0.15, 0.2) is 28.3 Å². The van der Waals surface area contributed by atoms with Crippen LogP contribution in [0.2, 0.25) is 0 Å². The zero-order valence-corrected chi connectivity index (χ0v) is 13.2. The van der Waals surface area contributed by atoms with E-state index in [-0.39, 0.29) is 23.3 Å². The van der Waals surface area contributed by atoms with E-state index in [0.717, 1.165) is 35.8 Å². The second-order valence-electron chi connectivity index (χ2n) is 5.78. The van der Waals surface area contributed by atoms with Crippen LogP contribution in [0.25, 0.3) is 0 Å². The maximum atomic E-state index is 11.6. The molecule has 0 aromatic heterocycles. The minimum absolute atomic E-state index is 0.0985. The van der Waals surface area contributed by atoms with E-state index in [1.165, 1.54) is 11.6 Å². The summed E-state index contributed by atoms with van der Waals surface area (Å²) in [6, 6.07) is 3.39. The van der Waals surface area contributed by atoms with Crippen molar-refractivity contribution in [3.05, 3.63) is 33.8 Å². The van der Waals surface area contributed by atoms with Gasteiger partial charge in [-0.3, -0.25) is 4.79 Å². The molecule has 1 aromatic rings. The third-order valence-corrected chi connectivity index (χ3v) is 5.15. The van der Waals surface area contributed by atoms with Crippen molar-refractivity contribution in [1.29, 1.82) is 0 Å². The molecule has 0 spiro atoms. The molecule has 0 radical (unpaired) electrons. The number of piperidine rings is 1. The van der Waals surface area contributed by atoms with Crippen LogP contribution >= 0.6 is 15.9 Å². The summed E-state index contributed by atoms with van der Waals surface area (Å²) >= 11 is 3.44. The number of ketones is 1. The lowest BCUT2D eigenvalue weighted by Gasteiger charge is -2.37. The Kier molecular flexibility index (Phi) is 4.04. The van der Waals surface area contributed by atoms with Gasteiger partial charge in [-0.05, 0) is 55.5 Å². The summed E-state index contributed by atoms with van der Waals surface area (Å²) in [7, 11) is 0. The quantitative estimate of drug-likeness (QED) is 0.716. The molecule has 1 unspecified atom stereocenters. The smallest absolute Gasteiger partial charge is 0.158 e. The van der Waals surface area contributed by atoms with Gasteiger partial charge in [-0.1, -0.05) is 21.5 Å². The molecule has 21 heavy (non-hydrogen) atoms. The molecular formula is C16H18BrNO3. The van der Waals surface area contributed by atoms with Crippen LogP contribution < -0.4 is 5.32 Å². The van der Waals surface area contributed by atoms with Gasteiger partial charge in [0.05, 0.1) is 0 Å². The van der Waals surface area contributed by atoms with Crippen LogP contribution in [0.3, 0.4) is 0 Å². The Bertz CT molecular complexity index is 612. The highest BCUT2D eigenvalue weighted by atomic mass is 79.9. The highest BCUT2D eigenvalue weighted by Gasteiger charge is 2.32. The van der Waals surface area contributed by atoms with E-state index in [2.05, 4.69) is 21.2 Å². The number of phenols is 2. The van der Waals surface area contributed by atoms with E-state index in [1.807, 2.05) is 6.08 Å². The topological polar surface area (TPSA) is 69.6 Å². The van der Waals surface area contributed by atoms with Crippen molar-refractivity contribution in [2.24, 2.45) is 5.92 Å². The fraction of sp³-hybridized carbons (Fsp3) is 0.438. The van der Waals surface area contributed by atoms with Gasteiger partial charge in [-0.2, -0.15) is 0 Å². The maximum Gasteiger partial charge on any atom is 0.158 e. The van der Waals surface area contributed by atoms with Gasteiger partial charge < -0.3 is 15.5 Å². The van der Waals surface area contributed by atoms with Crippen molar-refractivity contribution in [2.75, 3.05) is 6.54 Å². The summed E-state index contributed by atoms with van der Waals surface area (Å²) < 4.78 is 0.794. The minimum Gasteiger partial charge on any atom is -0.504 e. The number of carbonyl (C=O) groups is 1. The number of carbonyl (C=O) groups excluding carboxylic acids is 1. The summed E-state index contributed by atoms with van der Waals surface area (Å²) in [5.41, 5.74) is 2.22. The van der Waals surface area contributed by atoms with E-state index in [0.29, 0.717) is 12.3 Å². The number of halogens is 1. The van der Waals surface area contributed by atoms with Crippen LogP contribution in [0.4, 0.5) is 0 Å². The SMILES string of the molecule is O=C1C=C2CCN[C@@H](Cc3cc(O)c(O)cc3Br)C2CC1. The average molecular weight is 352 g/mol. The third kappa shape index (κ3) is 2.99. The summed E-state index contributed by atoms with van der Waals surface area (Å²) in [5.74, 6) is 0.411. The Morgan fingerprint density at radius 3 is 2.81 bits per heavy atom. The summed E-state index contributed by atoms with van der Waals surface area (Å²) in [6.45, 7) is 0.877. The molecular weight excluding hydrogens is 334 g/mol. The molecule has 112 valence electrons. The van der Waals surface area contributed by atoms with Crippen molar-refractivity contribution in [3.63, 3.8) is 0 Å². The molecule has 1 saturated heterocycles.